The van der Waals surface area contributed by atoms with Crippen molar-refractivity contribution in [3.8, 4) is 17.1 Å². The van der Waals surface area contributed by atoms with Crippen LogP contribution in [0, 0.1) is 11.8 Å². The molecule has 3 atom stereocenters. The summed E-state index contributed by atoms with van der Waals surface area (Å²) in [6.07, 6.45) is 2.82. The SMILES string of the molecule is NC(=O)C1=C(O)[C@@]2(O)C(=O)C3=C(O)c4c(O)c(N)cc(-c5ncccn5)c4CC3C[C@H]2CC1=O. The van der Waals surface area contributed by atoms with Crippen LogP contribution in [0.3, 0.4) is 0 Å². The van der Waals surface area contributed by atoms with Crippen LogP contribution in [0.5, 0.6) is 5.75 Å². The maximum Gasteiger partial charge on any atom is 0.255 e. The Balaban J connectivity index is 1.74. The molecule has 8 N–H and O–H groups in total. The molecule has 5 rings (SSSR count). The summed E-state index contributed by atoms with van der Waals surface area (Å²) < 4.78 is 0. The van der Waals surface area contributed by atoms with Crippen LogP contribution in [0.1, 0.15) is 24.0 Å². The van der Waals surface area contributed by atoms with Gasteiger partial charge in [0.15, 0.2) is 17.2 Å². The molecule has 0 radical (unpaired) electrons. The number of nitrogen functional groups attached to an aromatic ring is 1. The standard InChI is InChI=1S/C23H20N4O7/c24-12-7-11(22-26-2-1-3-27-22)10-5-8-4-9-6-13(28)16(21(25)33)20(32)23(9,34)19(31)14(8)18(30)15(10)17(12)29/h1-3,7-9,29-30,32,34H,4-6,24H2,(H2,25,33)/t8?,9-,23-/m0/s1. The molecular formula is C23H20N4O7. The molecule has 0 spiro atoms. The zero-order valence-corrected chi connectivity index (χ0v) is 17.6. The lowest BCUT2D eigenvalue weighted by Gasteiger charge is -2.46. The lowest BCUT2D eigenvalue weighted by atomic mass is 9.59. The Morgan fingerprint density at radius 3 is 2.44 bits per heavy atom. The second-order valence-corrected chi connectivity index (χ2v) is 8.69. The minimum atomic E-state index is -2.61. The van der Waals surface area contributed by atoms with Gasteiger partial charge in [-0.3, -0.25) is 14.4 Å². The average Bonchev–Trinajstić information content (AvgIpc) is 2.79. The molecule has 34 heavy (non-hydrogen) atoms. The fourth-order valence-electron chi connectivity index (χ4n) is 5.35. The fourth-order valence-corrected chi connectivity index (χ4v) is 5.35. The number of carbonyl (C=O) groups excluding carboxylic acids is 3. The van der Waals surface area contributed by atoms with Gasteiger partial charge in [0.1, 0.15) is 22.8 Å². The van der Waals surface area contributed by atoms with Gasteiger partial charge in [0, 0.05) is 35.9 Å². The summed E-state index contributed by atoms with van der Waals surface area (Å²) in [5, 5.41) is 43.7. The number of phenolic OH excluding ortho intramolecular Hbond substituents is 1. The number of rotatable bonds is 2. The maximum absolute atomic E-state index is 13.5. The number of amides is 1. The second-order valence-electron chi connectivity index (χ2n) is 8.69. The van der Waals surface area contributed by atoms with E-state index in [2.05, 4.69) is 9.97 Å². The van der Waals surface area contributed by atoms with Gasteiger partial charge in [-0.25, -0.2) is 9.97 Å². The van der Waals surface area contributed by atoms with Crippen molar-refractivity contribution in [3.05, 3.63) is 52.6 Å². The third-order valence-corrected chi connectivity index (χ3v) is 6.90. The summed E-state index contributed by atoms with van der Waals surface area (Å²) in [6, 6.07) is 3.09. The van der Waals surface area contributed by atoms with E-state index in [1.165, 1.54) is 18.5 Å². The van der Waals surface area contributed by atoms with E-state index in [1.54, 1.807) is 6.07 Å². The lowest BCUT2D eigenvalue weighted by molar-refractivity contribution is -0.147. The van der Waals surface area contributed by atoms with Crippen molar-refractivity contribution in [1.82, 2.24) is 9.97 Å². The number of nitrogens with zero attached hydrogens (tertiary/aromatic N) is 2. The van der Waals surface area contributed by atoms with Crippen LogP contribution in [-0.2, 0) is 20.8 Å². The Kier molecular flexibility index (Phi) is 4.52. The van der Waals surface area contributed by atoms with Crippen molar-refractivity contribution in [1.29, 1.82) is 0 Å². The predicted octanol–water partition coefficient (Wildman–Crippen LogP) is 0.463. The van der Waals surface area contributed by atoms with Gasteiger partial charge in [0.25, 0.3) is 5.91 Å². The molecule has 3 aliphatic rings. The van der Waals surface area contributed by atoms with Crippen LogP contribution in [0.15, 0.2) is 41.4 Å². The van der Waals surface area contributed by atoms with Gasteiger partial charge < -0.3 is 31.9 Å². The molecule has 1 aromatic carbocycles. The minimum Gasteiger partial charge on any atom is -0.508 e. The predicted molar refractivity (Wildman–Crippen MR) is 117 cm³/mol. The van der Waals surface area contributed by atoms with Gasteiger partial charge in [-0.1, -0.05) is 0 Å². The summed E-state index contributed by atoms with van der Waals surface area (Å²) in [4.78, 5) is 46.1. The zero-order chi connectivity index (χ0) is 24.5. The number of anilines is 1. The quantitative estimate of drug-likeness (QED) is 0.205. The van der Waals surface area contributed by atoms with Crippen LogP contribution in [-0.4, -0.2) is 53.5 Å². The van der Waals surface area contributed by atoms with Crippen LogP contribution in [0.4, 0.5) is 5.69 Å². The number of phenols is 1. The summed E-state index contributed by atoms with van der Waals surface area (Å²) >= 11 is 0. The smallest absolute Gasteiger partial charge is 0.255 e. The molecule has 0 bridgehead atoms. The molecular weight excluding hydrogens is 444 g/mol. The Morgan fingerprint density at radius 2 is 1.79 bits per heavy atom. The Hall–Kier alpha value is -4.25. The van der Waals surface area contributed by atoms with Gasteiger partial charge in [-0.05, 0) is 36.5 Å². The first-order valence-corrected chi connectivity index (χ1v) is 10.5. The molecule has 1 aromatic heterocycles. The molecule has 174 valence electrons. The van der Waals surface area contributed by atoms with Crippen LogP contribution < -0.4 is 11.5 Å². The monoisotopic (exact) mass is 464 g/mol. The number of Topliss-reactive ketones (excluding diaryl/α,β-unsaturated/α-hetero) is 2. The number of carbonyl (C=O) groups is 3. The normalized spacial score (nSPS) is 26.1. The Morgan fingerprint density at radius 1 is 1.12 bits per heavy atom. The number of fused-ring (bicyclic) bond motifs is 3. The highest BCUT2D eigenvalue weighted by atomic mass is 16.3. The fraction of sp³-hybridized carbons (Fsp3) is 0.261. The molecule has 1 fully saturated rings. The first-order chi connectivity index (χ1) is 16.1. The van der Waals surface area contributed by atoms with Crippen LogP contribution in [0.2, 0.25) is 0 Å². The summed E-state index contributed by atoms with van der Waals surface area (Å²) in [6.45, 7) is 0. The molecule has 11 nitrogen and oxygen atoms in total. The largest absolute Gasteiger partial charge is 0.508 e. The summed E-state index contributed by atoms with van der Waals surface area (Å²) in [7, 11) is 0. The topological polar surface area (TPSA) is 210 Å². The van der Waals surface area contributed by atoms with E-state index in [0.717, 1.165) is 0 Å². The van der Waals surface area contributed by atoms with E-state index in [0.29, 0.717) is 17.0 Å². The average molecular weight is 464 g/mol. The van der Waals surface area contributed by atoms with E-state index < -0.39 is 57.8 Å². The van der Waals surface area contributed by atoms with Crippen LogP contribution >= 0.6 is 0 Å². The molecule has 0 saturated heterocycles. The number of aliphatic hydroxyl groups is 3. The molecule has 3 aliphatic carbocycles. The number of aromatic hydroxyl groups is 1. The number of aliphatic hydroxyl groups excluding tert-OH is 2. The third kappa shape index (κ3) is 2.70. The van der Waals surface area contributed by atoms with E-state index >= 15 is 0 Å². The zero-order valence-electron chi connectivity index (χ0n) is 17.6. The van der Waals surface area contributed by atoms with Crippen LogP contribution in [0.25, 0.3) is 17.1 Å². The number of ketones is 2. The highest BCUT2D eigenvalue weighted by Gasteiger charge is 2.60. The highest BCUT2D eigenvalue weighted by Crippen LogP contribution is 2.53. The first-order valence-electron chi connectivity index (χ1n) is 10.5. The summed E-state index contributed by atoms with van der Waals surface area (Å²) in [5.74, 6) is -6.72. The van der Waals surface area contributed by atoms with Gasteiger partial charge in [0.2, 0.25) is 5.78 Å². The van der Waals surface area contributed by atoms with Crippen molar-refractivity contribution in [2.24, 2.45) is 17.6 Å². The first kappa shape index (κ1) is 21.6. The molecule has 1 saturated carbocycles. The minimum absolute atomic E-state index is 0.0309. The van der Waals surface area contributed by atoms with Crippen molar-refractivity contribution in [3.63, 3.8) is 0 Å². The van der Waals surface area contributed by atoms with Gasteiger partial charge in [-0.15, -0.1) is 0 Å². The number of primary amides is 1. The van der Waals surface area contributed by atoms with E-state index in [-0.39, 0.29) is 36.1 Å². The Labute approximate surface area is 192 Å². The maximum atomic E-state index is 13.5. The lowest BCUT2D eigenvalue weighted by Crippen LogP contribution is -2.58. The van der Waals surface area contributed by atoms with Crippen molar-refractivity contribution in [2.45, 2.75) is 24.9 Å². The molecule has 1 amide bonds. The van der Waals surface area contributed by atoms with Crippen molar-refractivity contribution < 1.29 is 34.8 Å². The highest BCUT2D eigenvalue weighted by molar-refractivity contribution is 6.22. The molecule has 2 aromatic rings. The number of benzene rings is 1. The molecule has 0 aliphatic heterocycles. The second kappa shape index (κ2) is 7.12. The van der Waals surface area contributed by atoms with E-state index in [1.807, 2.05) is 0 Å². The summed E-state index contributed by atoms with van der Waals surface area (Å²) in [5.41, 5.74) is 8.16. The number of hydrogen-bond donors (Lipinski definition) is 6. The van der Waals surface area contributed by atoms with E-state index in [9.17, 15) is 34.8 Å². The van der Waals surface area contributed by atoms with Crippen molar-refractivity contribution >= 4 is 28.9 Å². The number of nitrogens with two attached hydrogens (primary N) is 2. The third-order valence-electron chi connectivity index (χ3n) is 6.90. The van der Waals surface area contributed by atoms with Crippen molar-refractivity contribution in [2.75, 3.05) is 5.73 Å². The van der Waals surface area contributed by atoms with Gasteiger partial charge >= 0.3 is 0 Å². The number of hydrogen-bond acceptors (Lipinski definition) is 10. The van der Waals surface area contributed by atoms with Gasteiger partial charge in [-0.2, -0.15) is 0 Å². The van der Waals surface area contributed by atoms with Gasteiger partial charge in [0.05, 0.1) is 11.3 Å². The molecule has 11 heteroatoms. The Bertz CT molecular complexity index is 1370. The molecule has 1 unspecified atom stereocenters. The number of aromatic nitrogens is 2. The van der Waals surface area contributed by atoms with E-state index in [4.69, 9.17) is 11.5 Å². The molecule has 1 heterocycles.